The van der Waals surface area contributed by atoms with Crippen molar-refractivity contribution in [2.75, 3.05) is 20.2 Å². The summed E-state index contributed by atoms with van der Waals surface area (Å²) in [7, 11) is -1.95. The van der Waals surface area contributed by atoms with Gasteiger partial charge in [-0.05, 0) is 30.5 Å². The second-order valence-corrected chi connectivity index (χ2v) is 6.84. The summed E-state index contributed by atoms with van der Waals surface area (Å²) in [5.41, 5.74) is 0. The summed E-state index contributed by atoms with van der Waals surface area (Å²) in [6, 6.07) is 5.75. The summed E-state index contributed by atoms with van der Waals surface area (Å²) >= 11 is 0. The van der Waals surface area contributed by atoms with Crippen LogP contribution < -0.4 is 0 Å². The molecule has 2 unspecified atom stereocenters. The van der Waals surface area contributed by atoms with Gasteiger partial charge < -0.3 is 9.84 Å². The lowest BCUT2D eigenvalue weighted by Gasteiger charge is -2.35. The lowest BCUT2D eigenvalue weighted by molar-refractivity contribution is 0.0184. The van der Waals surface area contributed by atoms with Crippen LogP contribution in [-0.4, -0.2) is 44.1 Å². The van der Waals surface area contributed by atoms with E-state index in [0.29, 0.717) is 19.0 Å². The van der Waals surface area contributed by atoms with Crippen molar-refractivity contribution in [1.82, 2.24) is 4.31 Å². The highest BCUT2D eigenvalue weighted by molar-refractivity contribution is 7.89. The van der Waals surface area contributed by atoms with Crippen molar-refractivity contribution in [2.24, 2.45) is 5.92 Å². The van der Waals surface area contributed by atoms with E-state index in [4.69, 9.17) is 4.74 Å². The SMILES string of the molecule is COC1CN(S(=O)(=O)c2cccc(O)c2)CCC1C. The third-order valence-electron chi connectivity index (χ3n) is 3.61. The quantitative estimate of drug-likeness (QED) is 0.912. The molecule has 6 heteroatoms. The van der Waals surface area contributed by atoms with Gasteiger partial charge in [0, 0.05) is 20.2 Å². The summed E-state index contributed by atoms with van der Waals surface area (Å²) in [4.78, 5) is 0.122. The van der Waals surface area contributed by atoms with Crippen molar-refractivity contribution in [2.45, 2.75) is 24.3 Å². The third kappa shape index (κ3) is 2.91. The Labute approximate surface area is 113 Å². The maximum atomic E-state index is 12.5. The first-order valence-electron chi connectivity index (χ1n) is 6.27. The molecule has 2 rings (SSSR count). The van der Waals surface area contributed by atoms with E-state index in [2.05, 4.69) is 6.92 Å². The number of nitrogens with zero attached hydrogens (tertiary/aromatic N) is 1. The van der Waals surface area contributed by atoms with Crippen LogP contribution in [0.3, 0.4) is 0 Å². The van der Waals surface area contributed by atoms with E-state index in [1.165, 1.54) is 28.6 Å². The Morgan fingerprint density at radius 1 is 1.42 bits per heavy atom. The van der Waals surface area contributed by atoms with Gasteiger partial charge in [-0.2, -0.15) is 4.31 Å². The van der Waals surface area contributed by atoms with E-state index >= 15 is 0 Å². The van der Waals surface area contributed by atoms with Crippen LogP contribution in [0, 0.1) is 5.92 Å². The molecule has 1 aromatic rings. The molecule has 19 heavy (non-hydrogen) atoms. The van der Waals surface area contributed by atoms with Gasteiger partial charge in [0.1, 0.15) is 5.75 Å². The van der Waals surface area contributed by atoms with E-state index in [1.54, 1.807) is 7.11 Å². The molecule has 1 aromatic carbocycles. The van der Waals surface area contributed by atoms with Crippen LogP contribution in [0.4, 0.5) is 0 Å². The van der Waals surface area contributed by atoms with E-state index in [0.717, 1.165) is 6.42 Å². The minimum absolute atomic E-state index is 0.0465. The molecule has 5 nitrogen and oxygen atoms in total. The number of piperidine rings is 1. The van der Waals surface area contributed by atoms with Crippen molar-refractivity contribution in [3.8, 4) is 5.75 Å². The van der Waals surface area contributed by atoms with Gasteiger partial charge in [-0.1, -0.05) is 13.0 Å². The summed E-state index contributed by atoms with van der Waals surface area (Å²) in [5, 5.41) is 9.41. The maximum absolute atomic E-state index is 12.5. The van der Waals surface area contributed by atoms with Gasteiger partial charge in [-0.25, -0.2) is 8.42 Å². The summed E-state index contributed by atoms with van der Waals surface area (Å²) in [6.07, 6.45) is 0.692. The first-order chi connectivity index (χ1) is 8.95. The maximum Gasteiger partial charge on any atom is 0.243 e. The van der Waals surface area contributed by atoms with E-state index in [1.807, 2.05) is 0 Å². The molecule has 0 amide bonds. The molecule has 1 fully saturated rings. The number of hydrogen-bond acceptors (Lipinski definition) is 4. The number of methoxy groups -OCH3 is 1. The highest BCUT2D eigenvalue weighted by Crippen LogP contribution is 2.26. The highest BCUT2D eigenvalue weighted by Gasteiger charge is 2.33. The number of aromatic hydroxyl groups is 1. The van der Waals surface area contributed by atoms with Crippen LogP contribution >= 0.6 is 0 Å². The average Bonchev–Trinajstić information content (AvgIpc) is 2.39. The Morgan fingerprint density at radius 3 is 2.79 bits per heavy atom. The monoisotopic (exact) mass is 285 g/mol. The minimum atomic E-state index is -3.56. The first kappa shape index (κ1) is 14.3. The predicted molar refractivity (Wildman–Crippen MR) is 71.4 cm³/mol. The van der Waals surface area contributed by atoms with Crippen LogP contribution in [-0.2, 0) is 14.8 Å². The highest BCUT2D eigenvalue weighted by atomic mass is 32.2. The lowest BCUT2D eigenvalue weighted by Crippen LogP contribution is -2.46. The van der Waals surface area contributed by atoms with Gasteiger partial charge in [0.25, 0.3) is 0 Å². The molecule has 106 valence electrons. The molecule has 1 heterocycles. The van der Waals surface area contributed by atoms with Gasteiger partial charge in [-0.3, -0.25) is 0 Å². The topological polar surface area (TPSA) is 66.8 Å². The van der Waals surface area contributed by atoms with Crippen molar-refractivity contribution < 1.29 is 18.3 Å². The smallest absolute Gasteiger partial charge is 0.243 e. The van der Waals surface area contributed by atoms with Gasteiger partial charge in [0.15, 0.2) is 0 Å². The molecule has 1 N–H and O–H groups in total. The largest absolute Gasteiger partial charge is 0.508 e. The number of phenolic OH excluding ortho intramolecular Hbond substituents is 1. The molecule has 1 saturated heterocycles. The second-order valence-electron chi connectivity index (χ2n) is 4.90. The number of hydrogen-bond donors (Lipinski definition) is 1. The number of sulfonamides is 1. The zero-order chi connectivity index (χ0) is 14.0. The summed E-state index contributed by atoms with van der Waals surface area (Å²) in [6.45, 7) is 2.90. The van der Waals surface area contributed by atoms with Gasteiger partial charge in [0.05, 0.1) is 11.0 Å². The number of benzene rings is 1. The minimum Gasteiger partial charge on any atom is -0.508 e. The number of ether oxygens (including phenoxy) is 1. The van der Waals surface area contributed by atoms with Gasteiger partial charge in [0.2, 0.25) is 10.0 Å². The first-order valence-corrected chi connectivity index (χ1v) is 7.71. The number of phenols is 1. The average molecular weight is 285 g/mol. The van der Waals surface area contributed by atoms with Crippen LogP contribution in [0.5, 0.6) is 5.75 Å². The summed E-state index contributed by atoms with van der Waals surface area (Å²) < 4.78 is 31.7. The Kier molecular flexibility index (Phi) is 4.13. The van der Waals surface area contributed by atoms with Crippen molar-refractivity contribution in [3.05, 3.63) is 24.3 Å². The Bertz CT molecular complexity index is 543. The molecule has 0 radical (unpaired) electrons. The fourth-order valence-corrected chi connectivity index (χ4v) is 3.83. The van der Waals surface area contributed by atoms with Gasteiger partial charge >= 0.3 is 0 Å². The fourth-order valence-electron chi connectivity index (χ4n) is 2.32. The Morgan fingerprint density at radius 2 is 2.16 bits per heavy atom. The van der Waals surface area contributed by atoms with Crippen LogP contribution in [0.2, 0.25) is 0 Å². The van der Waals surface area contributed by atoms with Crippen molar-refractivity contribution in [1.29, 1.82) is 0 Å². The second kappa shape index (κ2) is 5.48. The molecule has 0 aliphatic carbocycles. The van der Waals surface area contributed by atoms with Crippen LogP contribution in [0.25, 0.3) is 0 Å². The van der Waals surface area contributed by atoms with Crippen molar-refractivity contribution >= 4 is 10.0 Å². The molecular formula is C13H19NO4S. The normalized spacial score (nSPS) is 25.4. The molecule has 0 bridgehead atoms. The van der Waals surface area contributed by atoms with E-state index in [-0.39, 0.29) is 16.7 Å². The molecule has 1 aliphatic rings. The van der Waals surface area contributed by atoms with E-state index < -0.39 is 10.0 Å². The fraction of sp³-hybridized carbons (Fsp3) is 0.538. The third-order valence-corrected chi connectivity index (χ3v) is 5.47. The molecule has 0 spiro atoms. The summed E-state index contributed by atoms with van der Waals surface area (Å²) in [5.74, 6) is 0.301. The molecule has 1 aliphatic heterocycles. The predicted octanol–water partition coefficient (Wildman–Crippen LogP) is 1.44. The molecule has 0 aromatic heterocycles. The Hall–Kier alpha value is -1.11. The van der Waals surface area contributed by atoms with Crippen molar-refractivity contribution in [3.63, 3.8) is 0 Å². The van der Waals surface area contributed by atoms with Crippen LogP contribution in [0.15, 0.2) is 29.2 Å². The van der Waals surface area contributed by atoms with Gasteiger partial charge in [-0.15, -0.1) is 0 Å². The zero-order valence-corrected chi connectivity index (χ0v) is 11.9. The van der Waals surface area contributed by atoms with Crippen LogP contribution in [0.1, 0.15) is 13.3 Å². The molecule has 2 atom stereocenters. The Balaban J connectivity index is 2.25. The number of rotatable bonds is 3. The lowest BCUT2D eigenvalue weighted by atomic mass is 9.97. The zero-order valence-electron chi connectivity index (χ0n) is 11.1. The molecule has 0 saturated carbocycles. The van der Waals surface area contributed by atoms with E-state index in [9.17, 15) is 13.5 Å². The molecular weight excluding hydrogens is 266 g/mol. The standard InChI is InChI=1S/C13H19NO4S/c1-10-6-7-14(9-13(10)18-2)19(16,17)12-5-3-4-11(15)8-12/h3-5,8,10,13,15H,6-7,9H2,1-2H3.